The first-order valence-corrected chi connectivity index (χ1v) is 5.13. The van der Waals surface area contributed by atoms with E-state index < -0.39 is 18.0 Å². The molecular formula is C9H16F3N3O2. The molecule has 5 nitrogen and oxygen atoms in total. The van der Waals surface area contributed by atoms with Crippen LogP contribution >= 0.6 is 0 Å². The van der Waals surface area contributed by atoms with Crippen LogP contribution in [0.1, 0.15) is 0 Å². The summed E-state index contributed by atoms with van der Waals surface area (Å²) < 4.78 is 43.0. The molecule has 1 heterocycles. The van der Waals surface area contributed by atoms with Gasteiger partial charge in [0.15, 0.2) is 5.84 Å². The van der Waals surface area contributed by atoms with Gasteiger partial charge in [-0.3, -0.25) is 4.90 Å². The van der Waals surface area contributed by atoms with Crippen molar-refractivity contribution in [3.63, 3.8) is 0 Å². The molecule has 100 valence electrons. The molecule has 0 bridgehead atoms. The van der Waals surface area contributed by atoms with Crippen LogP contribution in [0.4, 0.5) is 13.2 Å². The summed E-state index contributed by atoms with van der Waals surface area (Å²) in [4.78, 5) is 1.51. The van der Waals surface area contributed by atoms with E-state index in [9.17, 15) is 13.2 Å². The lowest BCUT2D eigenvalue weighted by Gasteiger charge is -2.20. The summed E-state index contributed by atoms with van der Waals surface area (Å²) in [5.41, 5.74) is 5.27. The van der Waals surface area contributed by atoms with Crippen molar-refractivity contribution in [2.45, 2.75) is 6.18 Å². The van der Waals surface area contributed by atoms with Crippen molar-refractivity contribution in [1.29, 1.82) is 0 Å². The van der Waals surface area contributed by atoms with Gasteiger partial charge in [-0.1, -0.05) is 5.16 Å². The predicted octanol–water partition coefficient (Wildman–Crippen LogP) is 0.490. The van der Waals surface area contributed by atoms with E-state index in [2.05, 4.69) is 5.16 Å². The zero-order valence-corrected chi connectivity index (χ0v) is 9.44. The van der Waals surface area contributed by atoms with Gasteiger partial charge < -0.3 is 15.7 Å². The van der Waals surface area contributed by atoms with E-state index in [1.807, 2.05) is 0 Å². The zero-order chi connectivity index (χ0) is 13.1. The number of amidine groups is 1. The molecule has 17 heavy (non-hydrogen) atoms. The van der Waals surface area contributed by atoms with Crippen LogP contribution in [0.25, 0.3) is 0 Å². The molecule has 0 spiro atoms. The van der Waals surface area contributed by atoms with E-state index in [1.54, 1.807) is 0 Å². The molecule has 0 aromatic rings. The number of hydrogen-bond acceptors (Lipinski definition) is 4. The molecule has 0 radical (unpaired) electrons. The van der Waals surface area contributed by atoms with Crippen molar-refractivity contribution in [2.75, 3.05) is 33.4 Å². The Kier molecular flexibility index (Phi) is 4.58. The number of likely N-dealkylation sites (tertiary alicyclic amines) is 1. The van der Waals surface area contributed by atoms with Gasteiger partial charge >= 0.3 is 6.18 Å². The van der Waals surface area contributed by atoms with Gasteiger partial charge in [0.25, 0.3) is 0 Å². The summed E-state index contributed by atoms with van der Waals surface area (Å²) >= 11 is 0. The molecule has 0 unspecified atom stereocenters. The molecule has 1 fully saturated rings. The Labute approximate surface area is 97.0 Å². The maximum absolute atomic E-state index is 12.7. The van der Waals surface area contributed by atoms with Gasteiger partial charge in [0.2, 0.25) is 0 Å². The fraction of sp³-hybridized carbons (Fsp3) is 0.889. The number of alkyl halides is 3. The summed E-state index contributed by atoms with van der Waals surface area (Å²) in [7, 11) is 1.37. The van der Waals surface area contributed by atoms with Crippen LogP contribution in [0.5, 0.6) is 0 Å². The first kappa shape index (κ1) is 14.0. The predicted molar refractivity (Wildman–Crippen MR) is 54.8 cm³/mol. The molecule has 1 rings (SSSR count). The Balaban J connectivity index is 2.65. The maximum atomic E-state index is 12.7. The molecule has 2 atom stereocenters. The molecular weight excluding hydrogens is 239 g/mol. The summed E-state index contributed by atoms with van der Waals surface area (Å²) in [5.74, 6) is -2.12. The van der Waals surface area contributed by atoms with Gasteiger partial charge in [0.1, 0.15) is 0 Å². The summed E-state index contributed by atoms with van der Waals surface area (Å²) in [6, 6.07) is 0. The standard InChI is InChI=1S/C9H16F3N3O2/c1-17-5-6-2-15(4-8(13)14-16)3-7(6)9(10,11)12/h6-7,16H,2-5H2,1H3,(H2,13,14)/t6-,7+/m0/s1. The minimum absolute atomic E-state index is 0.0310. The third kappa shape index (κ3) is 3.74. The maximum Gasteiger partial charge on any atom is 0.393 e. The minimum Gasteiger partial charge on any atom is -0.409 e. The largest absolute Gasteiger partial charge is 0.409 e. The lowest BCUT2D eigenvalue weighted by atomic mass is 9.96. The average Bonchev–Trinajstić information content (AvgIpc) is 2.61. The van der Waals surface area contributed by atoms with Crippen LogP contribution in [-0.2, 0) is 4.74 Å². The van der Waals surface area contributed by atoms with E-state index >= 15 is 0 Å². The Morgan fingerprint density at radius 1 is 1.53 bits per heavy atom. The normalized spacial score (nSPS) is 27.6. The average molecular weight is 255 g/mol. The highest BCUT2D eigenvalue weighted by molar-refractivity contribution is 5.81. The Bertz CT molecular complexity index is 283. The number of methoxy groups -OCH3 is 1. The second kappa shape index (κ2) is 5.54. The van der Waals surface area contributed by atoms with Crippen molar-refractivity contribution in [1.82, 2.24) is 4.90 Å². The number of ether oxygens (including phenoxy) is 1. The van der Waals surface area contributed by atoms with Gasteiger partial charge in [0.05, 0.1) is 19.1 Å². The van der Waals surface area contributed by atoms with Crippen molar-refractivity contribution in [3.8, 4) is 0 Å². The summed E-state index contributed by atoms with van der Waals surface area (Å²) in [5, 5.41) is 11.1. The van der Waals surface area contributed by atoms with Crippen LogP contribution in [0, 0.1) is 11.8 Å². The number of halogens is 3. The molecule has 0 amide bonds. The lowest BCUT2D eigenvalue weighted by Crippen LogP contribution is -2.34. The molecule has 8 heteroatoms. The molecule has 1 aliphatic rings. The number of rotatable bonds is 4. The van der Waals surface area contributed by atoms with E-state index in [0.29, 0.717) is 0 Å². The van der Waals surface area contributed by atoms with Crippen LogP contribution in [-0.4, -0.2) is 55.5 Å². The SMILES string of the molecule is COC[C@@H]1CN(CC(N)=NO)C[C@H]1C(F)(F)F. The lowest BCUT2D eigenvalue weighted by molar-refractivity contribution is -0.183. The second-order valence-electron chi connectivity index (χ2n) is 4.15. The summed E-state index contributed by atoms with van der Waals surface area (Å²) in [6.45, 7) is 0.169. The number of nitrogens with two attached hydrogens (primary N) is 1. The monoisotopic (exact) mass is 255 g/mol. The number of oxime groups is 1. The third-order valence-corrected chi connectivity index (χ3v) is 2.83. The molecule has 1 aliphatic heterocycles. The van der Waals surface area contributed by atoms with Crippen LogP contribution < -0.4 is 5.73 Å². The van der Waals surface area contributed by atoms with Crippen molar-refractivity contribution >= 4 is 5.84 Å². The first-order chi connectivity index (χ1) is 7.88. The van der Waals surface area contributed by atoms with Gasteiger partial charge in [-0.25, -0.2) is 0 Å². The van der Waals surface area contributed by atoms with E-state index in [-0.39, 0.29) is 32.1 Å². The molecule has 0 aromatic carbocycles. The number of nitrogens with zero attached hydrogens (tertiary/aromatic N) is 2. The molecule has 3 N–H and O–H groups in total. The Morgan fingerprint density at radius 2 is 2.18 bits per heavy atom. The smallest absolute Gasteiger partial charge is 0.393 e. The van der Waals surface area contributed by atoms with E-state index in [4.69, 9.17) is 15.7 Å². The zero-order valence-electron chi connectivity index (χ0n) is 9.44. The highest BCUT2D eigenvalue weighted by Crippen LogP contribution is 2.37. The highest BCUT2D eigenvalue weighted by Gasteiger charge is 2.49. The molecule has 0 aliphatic carbocycles. The van der Waals surface area contributed by atoms with Gasteiger partial charge in [-0.2, -0.15) is 13.2 Å². The molecule has 0 aromatic heterocycles. The van der Waals surface area contributed by atoms with Crippen LogP contribution in [0.15, 0.2) is 5.16 Å². The Morgan fingerprint density at radius 3 is 2.65 bits per heavy atom. The Hall–Kier alpha value is -1.02. The molecule has 0 saturated carbocycles. The quantitative estimate of drug-likeness (QED) is 0.332. The van der Waals surface area contributed by atoms with Crippen molar-refractivity contribution < 1.29 is 23.1 Å². The molecule has 1 saturated heterocycles. The first-order valence-electron chi connectivity index (χ1n) is 5.13. The fourth-order valence-electron chi connectivity index (χ4n) is 2.10. The highest BCUT2D eigenvalue weighted by atomic mass is 19.4. The van der Waals surface area contributed by atoms with Crippen molar-refractivity contribution in [3.05, 3.63) is 0 Å². The van der Waals surface area contributed by atoms with Crippen LogP contribution in [0.3, 0.4) is 0 Å². The topological polar surface area (TPSA) is 71.1 Å². The second-order valence-corrected chi connectivity index (χ2v) is 4.15. The minimum atomic E-state index is -4.25. The fourth-order valence-corrected chi connectivity index (χ4v) is 2.10. The third-order valence-electron chi connectivity index (χ3n) is 2.83. The van der Waals surface area contributed by atoms with Crippen LogP contribution in [0.2, 0.25) is 0 Å². The number of hydrogen-bond donors (Lipinski definition) is 2. The summed E-state index contributed by atoms with van der Waals surface area (Å²) in [6.07, 6.45) is -4.25. The van der Waals surface area contributed by atoms with Gasteiger partial charge in [-0.15, -0.1) is 0 Å². The van der Waals surface area contributed by atoms with Gasteiger partial charge in [-0.05, 0) is 0 Å². The van der Waals surface area contributed by atoms with Gasteiger partial charge in [0, 0.05) is 26.1 Å². The van der Waals surface area contributed by atoms with Crippen molar-refractivity contribution in [2.24, 2.45) is 22.7 Å². The van der Waals surface area contributed by atoms with E-state index in [1.165, 1.54) is 12.0 Å². The van der Waals surface area contributed by atoms with E-state index in [0.717, 1.165) is 0 Å².